The van der Waals surface area contributed by atoms with Gasteiger partial charge < -0.3 is 10.1 Å². The minimum absolute atomic E-state index is 0.924. The van der Waals surface area contributed by atoms with E-state index in [1.54, 1.807) is 0 Å². The van der Waals surface area contributed by atoms with E-state index < -0.39 is 0 Å². The van der Waals surface area contributed by atoms with Gasteiger partial charge >= 0.3 is 0 Å². The zero-order valence-electron chi connectivity index (χ0n) is 6.38. The largest absolute Gasteiger partial charge is 0.411 e. The lowest BCUT2D eigenvalue weighted by Crippen LogP contribution is -2.18. The highest BCUT2D eigenvalue weighted by Crippen LogP contribution is 2.05. The second-order valence-electron chi connectivity index (χ2n) is 2.82. The van der Waals surface area contributed by atoms with Crippen molar-refractivity contribution in [3.63, 3.8) is 0 Å². The zero-order valence-corrected chi connectivity index (χ0v) is 6.38. The van der Waals surface area contributed by atoms with Crippen LogP contribution in [-0.2, 0) is 0 Å². The summed E-state index contributed by atoms with van der Waals surface area (Å²) in [6, 6.07) is 0. The Bertz CT molecular complexity index is 134. The Labute approximate surface area is 61.3 Å². The Hall–Kier alpha value is -0.570. The summed E-state index contributed by atoms with van der Waals surface area (Å²) >= 11 is 0. The summed E-state index contributed by atoms with van der Waals surface area (Å²) < 4.78 is 0. The molecule has 1 fully saturated rings. The van der Waals surface area contributed by atoms with Crippen LogP contribution in [0.1, 0.15) is 19.3 Å². The fraction of sp³-hybridized carbons (Fsp3) is 0.857. The number of hydrogen-bond donors (Lipinski definition) is 1. The standard InChI is InChI=1S/C7H14N2O/c1-9-5-2-3-7(8-10)4-6-9/h10H,2-6H2,1H3. The normalized spacial score (nSPS) is 26.7. The lowest BCUT2D eigenvalue weighted by Gasteiger charge is -2.10. The fourth-order valence-electron chi connectivity index (χ4n) is 1.21. The molecule has 1 N–H and O–H groups in total. The quantitative estimate of drug-likeness (QED) is 0.403. The van der Waals surface area contributed by atoms with Gasteiger partial charge in [0.25, 0.3) is 0 Å². The second-order valence-corrected chi connectivity index (χ2v) is 2.82. The van der Waals surface area contributed by atoms with E-state index in [1.165, 1.54) is 0 Å². The summed E-state index contributed by atoms with van der Waals surface area (Å²) in [6.45, 7) is 2.15. The average Bonchev–Trinajstić information content (AvgIpc) is 2.14. The molecule has 0 aromatic rings. The van der Waals surface area contributed by atoms with Crippen molar-refractivity contribution in [3.8, 4) is 0 Å². The van der Waals surface area contributed by atoms with Gasteiger partial charge in [-0.3, -0.25) is 0 Å². The van der Waals surface area contributed by atoms with Crippen molar-refractivity contribution in [1.29, 1.82) is 0 Å². The second kappa shape index (κ2) is 3.56. The number of hydrogen-bond acceptors (Lipinski definition) is 3. The molecule has 58 valence electrons. The molecule has 0 atom stereocenters. The maximum atomic E-state index is 8.47. The van der Waals surface area contributed by atoms with Crippen LogP contribution in [0.2, 0.25) is 0 Å². The Kier molecular flexibility index (Phi) is 2.68. The average molecular weight is 142 g/mol. The first kappa shape index (κ1) is 7.54. The van der Waals surface area contributed by atoms with Gasteiger partial charge in [0, 0.05) is 13.0 Å². The van der Waals surface area contributed by atoms with Crippen LogP contribution in [0, 0.1) is 0 Å². The Morgan fingerprint density at radius 2 is 2.20 bits per heavy atom. The number of likely N-dealkylation sites (tertiary alicyclic amines) is 1. The molecule has 0 saturated carbocycles. The summed E-state index contributed by atoms with van der Waals surface area (Å²) in [4.78, 5) is 2.26. The molecule has 1 saturated heterocycles. The third kappa shape index (κ3) is 1.99. The molecule has 0 aromatic carbocycles. The predicted octanol–water partition coefficient (Wildman–Crippen LogP) is 0.932. The van der Waals surface area contributed by atoms with Gasteiger partial charge in [0.05, 0.1) is 5.71 Å². The third-order valence-corrected chi connectivity index (χ3v) is 1.93. The summed E-state index contributed by atoms with van der Waals surface area (Å²) in [6.07, 6.45) is 3.00. The summed E-state index contributed by atoms with van der Waals surface area (Å²) in [5, 5.41) is 11.7. The molecule has 3 nitrogen and oxygen atoms in total. The van der Waals surface area contributed by atoms with E-state index in [4.69, 9.17) is 5.21 Å². The molecule has 0 amide bonds. The summed E-state index contributed by atoms with van der Waals surface area (Å²) in [5.41, 5.74) is 0.948. The SMILES string of the molecule is CN1CCCC(=NO)CC1. The molecule has 0 aromatic heterocycles. The predicted molar refractivity (Wildman–Crippen MR) is 40.6 cm³/mol. The van der Waals surface area contributed by atoms with Crippen LogP contribution in [-0.4, -0.2) is 36.0 Å². The van der Waals surface area contributed by atoms with Crippen molar-refractivity contribution in [2.24, 2.45) is 5.16 Å². The minimum Gasteiger partial charge on any atom is -0.411 e. The molecule has 0 radical (unpaired) electrons. The van der Waals surface area contributed by atoms with E-state index in [-0.39, 0.29) is 0 Å². The van der Waals surface area contributed by atoms with Crippen LogP contribution < -0.4 is 0 Å². The van der Waals surface area contributed by atoms with E-state index >= 15 is 0 Å². The highest BCUT2D eigenvalue weighted by molar-refractivity contribution is 5.84. The van der Waals surface area contributed by atoms with Gasteiger partial charge in [-0.1, -0.05) is 5.16 Å². The van der Waals surface area contributed by atoms with Gasteiger partial charge in [-0.05, 0) is 26.4 Å². The van der Waals surface area contributed by atoms with E-state index in [9.17, 15) is 0 Å². The van der Waals surface area contributed by atoms with Gasteiger partial charge in [-0.25, -0.2) is 0 Å². The van der Waals surface area contributed by atoms with E-state index in [1.807, 2.05) is 0 Å². The molecule has 0 unspecified atom stereocenters. The Morgan fingerprint density at radius 1 is 1.40 bits per heavy atom. The van der Waals surface area contributed by atoms with Crippen molar-refractivity contribution in [2.75, 3.05) is 20.1 Å². The van der Waals surface area contributed by atoms with Crippen LogP contribution >= 0.6 is 0 Å². The van der Waals surface area contributed by atoms with Gasteiger partial charge in [0.1, 0.15) is 0 Å². The number of nitrogens with zero attached hydrogens (tertiary/aromatic N) is 2. The Balaban J connectivity index is 2.41. The van der Waals surface area contributed by atoms with Crippen LogP contribution in [0.4, 0.5) is 0 Å². The van der Waals surface area contributed by atoms with Gasteiger partial charge in [-0.2, -0.15) is 0 Å². The van der Waals surface area contributed by atoms with Crippen LogP contribution in [0.3, 0.4) is 0 Å². The summed E-state index contributed by atoms with van der Waals surface area (Å²) in [7, 11) is 2.10. The molecule has 0 aliphatic carbocycles. The van der Waals surface area contributed by atoms with Crippen LogP contribution in [0.25, 0.3) is 0 Å². The van der Waals surface area contributed by atoms with Crippen LogP contribution in [0.15, 0.2) is 5.16 Å². The molecule has 1 rings (SSSR count). The monoisotopic (exact) mass is 142 g/mol. The minimum atomic E-state index is 0.924. The molecule has 0 bridgehead atoms. The van der Waals surface area contributed by atoms with Crippen LogP contribution in [0.5, 0.6) is 0 Å². The molecule has 1 aliphatic heterocycles. The van der Waals surface area contributed by atoms with E-state index in [0.29, 0.717) is 0 Å². The first-order valence-electron chi connectivity index (χ1n) is 3.71. The maximum Gasteiger partial charge on any atom is 0.0584 e. The lowest BCUT2D eigenvalue weighted by atomic mass is 10.2. The number of oxime groups is 1. The van der Waals surface area contributed by atoms with Gasteiger partial charge in [0.2, 0.25) is 0 Å². The topological polar surface area (TPSA) is 35.8 Å². The first-order valence-corrected chi connectivity index (χ1v) is 3.71. The Morgan fingerprint density at radius 3 is 2.90 bits per heavy atom. The molecular weight excluding hydrogens is 128 g/mol. The van der Waals surface area contributed by atoms with Crippen molar-refractivity contribution in [1.82, 2.24) is 4.90 Å². The molecule has 3 heteroatoms. The molecule has 1 aliphatic rings. The summed E-state index contributed by atoms with van der Waals surface area (Å²) in [5.74, 6) is 0. The van der Waals surface area contributed by atoms with Crippen molar-refractivity contribution < 1.29 is 5.21 Å². The highest BCUT2D eigenvalue weighted by Gasteiger charge is 2.08. The zero-order chi connectivity index (χ0) is 7.40. The number of rotatable bonds is 0. The van der Waals surface area contributed by atoms with Gasteiger partial charge in [0.15, 0.2) is 0 Å². The molecule has 1 heterocycles. The van der Waals surface area contributed by atoms with Crippen molar-refractivity contribution >= 4 is 5.71 Å². The molecule has 10 heavy (non-hydrogen) atoms. The highest BCUT2D eigenvalue weighted by atomic mass is 16.4. The van der Waals surface area contributed by atoms with Crippen molar-refractivity contribution in [3.05, 3.63) is 0 Å². The first-order chi connectivity index (χ1) is 4.83. The fourth-order valence-corrected chi connectivity index (χ4v) is 1.21. The smallest absolute Gasteiger partial charge is 0.0584 e. The molecular formula is C7H14N2O. The van der Waals surface area contributed by atoms with Gasteiger partial charge in [-0.15, -0.1) is 0 Å². The van der Waals surface area contributed by atoms with Crippen molar-refractivity contribution in [2.45, 2.75) is 19.3 Å². The maximum absolute atomic E-state index is 8.47. The van der Waals surface area contributed by atoms with E-state index in [0.717, 1.165) is 38.1 Å². The lowest BCUT2D eigenvalue weighted by molar-refractivity contribution is 0.315. The molecule has 0 spiro atoms. The third-order valence-electron chi connectivity index (χ3n) is 1.93. The van der Waals surface area contributed by atoms with E-state index in [2.05, 4.69) is 17.1 Å².